The Bertz CT molecular complexity index is 507. The Morgan fingerprint density at radius 3 is 2.56 bits per heavy atom. The first-order valence-electron chi connectivity index (χ1n) is 4.21. The molecule has 1 heterocycles. The Kier molecular flexibility index (Phi) is 2.71. The lowest BCUT2D eigenvalue weighted by atomic mass is 10.2. The molecule has 0 unspecified atom stereocenters. The monoisotopic (exact) mass is 291 g/mol. The van der Waals surface area contributed by atoms with Gasteiger partial charge in [0, 0.05) is 5.69 Å². The van der Waals surface area contributed by atoms with Gasteiger partial charge in [-0.2, -0.15) is 13.2 Å². The molecule has 0 aliphatic rings. The van der Waals surface area contributed by atoms with Gasteiger partial charge in [0.1, 0.15) is 6.33 Å². The van der Waals surface area contributed by atoms with Gasteiger partial charge in [0.2, 0.25) is 4.73 Å². The SMILES string of the molecule is FC(F)(F)c1cccc(-n2cnnc2Br)c1. The molecule has 0 amide bonds. The molecule has 0 radical (unpaired) electrons. The van der Waals surface area contributed by atoms with E-state index < -0.39 is 11.7 Å². The Morgan fingerprint density at radius 2 is 2.00 bits per heavy atom. The topological polar surface area (TPSA) is 30.7 Å². The number of nitrogens with zero attached hydrogens (tertiary/aromatic N) is 3. The number of benzene rings is 1. The zero-order valence-electron chi connectivity index (χ0n) is 7.74. The first-order chi connectivity index (χ1) is 7.48. The number of halogens is 4. The lowest BCUT2D eigenvalue weighted by Crippen LogP contribution is -2.05. The highest BCUT2D eigenvalue weighted by molar-refractivity contribution is 9.10. The van der Waals surface area contributed by atoms with Gasteiger partial charge in [0.25, 0.3) is 0 Å². The molecule has 3 nitrogen and oxygen atoms in total. The molecule has 1 aromatic heterocycles. The molecular weight excluding hydrogens is 287 g/mol. The summed E-state index contributed by atoms with van der Waals surface area (Å²) in [6.07, 6.45) is -3.02. The summed E-state index contributed by atoms with van der Waals surface area (Å²) < 4.78 is 39.1. The minimum Gasteiger partial charge on any atom is -0.276 e. The fourth-order valence-electron chi connectivity index (χ4n) is 1.23. The van der Waals surface area contributed by atoms with Crippen LogP contribution >= 0.6 is 15.9 Å². The fourth-order valence-corrected chi connectivity index (χ4v) is 1.61. The van der Waals surface area contributed by atoms with Crippen molar-refractivity contribution in [2.45, 2.75) is 6.18 Å². The van der Waals surface area contributed by atoms with E-state index in [0.29, 0.717) is 10.4 Å². The van der Waals surface area contributed by atoms with Crippen molar-refractivity contribution in [1.29, 1.82) is 0 Å². The van der Waals surface area contributed by atoms with Crippen LogP contribution in [0.25, 0.3) is 5.69 Å². The molecule has 0 saturated heterocycles. The lowest BCUT2D eigenvalue weighted by Gasteiger charge is -2.09. The molecule has 0 saturated carbocycles. The fraction of sp³-hybridized carbons (Fsp3) is 0.111. The number of rotatable bonds is 1. The van der Waals surface area contributed by atoms with Crippen molar-refractivity contribution in [1.82, 2.24) is 14.8 Å². The normalized spacial score (nSPS) is 11.8. The molecular formula is C9H5BrF3N3. The summed E-state index contributed by atoms with van der Waals surface area (Å²) in [6.45, 7) is 0. The van der Waals surface area contributed by atoms with Crippen molar-refractivity contribution < 1.29 is 13.2 Å². The van der Waals surface area contributed by atoms with Crippen LogP contribution in [0, 0.1) is 0 Å². The third-order valence-corrected chi connectivity index (χ3v) is 2.50. The standard InChI is InChI=1S/C9H5BrF3N3/c10-8-15-14-5-16(8)7-3-1-2-6(4-7)9(11,12)13/h1-5H. The van der Waals surface area contributed by atoms with Gasteiger partial charge in [0.05, 0.1) is 5.56 Å². The van der Waals surface area contributed by atoms with E-state index in [1.165, 1.54) is 17.0 Å². The maximum absolute atomic E-state index is 12.5. The summed E-state index contributed by atoms with van der Waals surface area (Å²) in [4.78, 5) is 0. The molecule has 0 fully saturated rings. The molecule has 84 valence electrons. The second-order valence-electron chi connectivity index (χ2n) is 3.02. The van der Waals surface area contributed by atoms with Gasteiger partial charge < -0.3 is 0 Å². The number of aromatic nitrogens is 3. The predicted octanol–water partition coefficient (Wildman–Crippen LogP) is 3.05. The van der Waals surface area contributed by atoms with E-state index in [1.54, 1.807) is 6.07 Å². The molecule has 0 spiro atoms. The summed E-state index contributed by atoms with van der Waals surface area (Å²) >= 11 is 3.09. The van der Waals surface area contributed by atoms with Gasteiger partial charge in [-0.3, -0.25) is 4.57 Å². The van der Waals surface area contributed by atoms with E-state index in [4.69, 9.17) is 0 Å². The van der Waals surface area contributed by atoms with Gasteiger partial charge >= 0.3 is 6.18 Å². The predicted molar refractivity (Wildman–Crippen MR) is 54.1 cm³/mol. The zero-order chi connectivity index (χ0) is 11.8. The number of hydrogen-bond donors (Lipinski definition) is 0. The summed E-state index contributed by atoms with van der Waals surface area (Å²) in [7, 11) is 0. The molecule has 0 atom stereocenters. The van der Waals surface area contributed by atoms with Gasteiger partial charge in [0.15, 0.2) is 0 Å². The maximum atomic E-state index is 12.5. The first-order valence-corrected chi connectivity index (χ1v) is 5.01. The van der Waals surface area contributed by atoms with Crippen LogP contribution < -0.4 is 0 Å². The van der Waals surface area contributed by atoms with Crippen molar-refractivity contribution in [3.8, 4) is 5.69 Å². The van der Waals surface area contributed by atoms with Gasteiger partial charge in [-0.25, -0.2) is 0 Å². The number of hydrogen-bond acceptors (Lipinski definition) is 2. The van der Waals surface area contributed by atoms with Crippen LogP contribution in [-0.4, -0.2) is 14.8 Å². The van der Waals surface area contributed by atoms with Crippen molar-refractivity contribution in [3.63, 3.8) is 0 Å². The van der Waals surface area contributed by atoms with E-state index in [0.717, 1.165) is 12.1 Å². The lowest BCUT2D eigenvalue weighted by molar-refractivity contribution is -0.137. The second-order valence-corrected chi connectivity index (χ2v) is 3.73. The van der Waals surface area contributed by atoms with Crippen LogP contribution in [0.5, 0.6) is 0 Å². The Hall–Kier alpha value is -1.37. The summed E-state index contributed by atoms with van der Waals surface area (Å²) in [6, 6.07) is 4.93. The molecule has 2 aromatic rings. The van der Waals surface area contributed by atoms with Crippen LogP contribution in [0.4, 0.5) is 13.2 Å². The van der Waals surface area contributed by atoms with Crippen LogP contribution in [0.2, 0.25) is 0 Å². The molecule has 0 N–H and O–H groups in total. The Labute approximate surface area is 97.0 Å². The molecule has 0 aliphatic carbocycles. The average molecular weight is 292 g/mol. The summed E-state index contributed by atoms with van der Waals surface area (Å²) in [5.74, 6) is 0. The van der Waals surface area contributed by atoms with E-state index in [9.17, 15) is 13.2 Å². The number of alkyl halides is 3. The first kappa shape index (κ1) is 11.1. The third-order valence-electron chi connectivity index (χ3n) is 1.96. The van der Waals surface area contributed by atoms with E-state index in [2.05, 4.69) is 26.1 Å². The quantitative estimate of drug-likeness (QED) is 0.808. The minimum atomic E-state index is -4.35. The van der Waals surface area contributed by atoms with Gasteiger partial charge in [-0.15, -0.1) is 10.2 Å². The molecule has 0 aliphatic heterocycles. The zero-order valence-corrected chi connectivity index (χ0v) is 9.33. The molecule has 7 heteroatoms. The van der Waals surface area contributed by atoms with Crippen molar-refractivity contribution in [2.24, 2.45) is 0 Å². The largest absolute Gasteiger partial charge is 0.416 e. The Morgan fingerprint density at radius 1 is 1.25 bits per heavy atom. The Balaban J connectivity index is 2.49. The smallest absolute Gasteiger partial charge is 0.276 e. The van der Waals surface area contributed by atoms with Crippen LogP contribution in [0.1, 0.15) is 5.56 Å². The van der Waals surface area contributed by atoms with E-state index >= 15 is 0 Å². The van der Waals surface area contributed by atoms with Crippen LogP contribution in [-0.2, 0) is 6.18 Å². The molecule has 1 aromatic carbocycles. The minimum absolute atomic E-state index is 0.353. The van der Waals surface area contributed by atoms with Gasteiger partial charge in [-0.05, 0) is 34.1 Å². The van der Waals surface area contributed by atoms with Crippen molar-refractivity contribution in [2.75, 3.05) is 0 Å². The maximum Gasteiger partial charge on any atom is 0.416 e. The molecule has 0 bridgehead atoms. The average Bonchev–Trinajstić information content (AvgIpc) is 2.63. The van der Waals surface area contributed by atoms with Crippen LogP contribution in [0.15, 0.2) is 35.3 Å². The van der Waals surface area contributed by atoms with E-state index in [1.807, 2.05) is 0 Å². The van der Waals surface area contributed by atoms with Crippen molar-refractivity contribution in [3.05, 3.63) is 40.9 Å². The highest BCUT2D eigenvalue weighted by Gasteiger charge is 2.30. The second kappa shape index (κ2) is 3.89. The summed E-state index contributed by atoms with van der Waals surface area (Å²) in [5, 5.41) is 7.21. The van der Waals surface area contributed by atoms with Gasteiger partial charge in [-0.1, -0.05) is 6.07 Å². The molecule has 2 rings (SSSR count). The highest BCUT2D eigenvalue weighted by Crippen LogP contribution is 2.30. The van der Waals surface area contributed by atoms with Crippen molar-refractivity contribution >= 4 is 15.9 Å². The third kappa shape index (κ3) is 2.08. The summed E-state index contributed by atoms with van der Waals surface area (Å²) in [5.41, 5.74) is -0.350. The van der Waals surface area contributed by atoms with Crippen LogP contribution in [0.3, 0.4) is 0 Å². The highest BCUT2D eigenvalue weighted by atomic mass is 79.9. The van der Waals surface area contributed by atoms with E-state index in [-0.39, 0.29) is 0 Å². The molecule has 16 heavy (non-hydrogen) atoms.